The first-order valence-electron chi connectivity index (χ1n) is 14.9. The number of piperazine rings is 1. The van der Waals surface area contributed by atoms with Gasteiger partial charge < -0.3 is 29.4 Å². The molecule has 8 saturated heterocycles. The van der Waals surface area contributed by atoms with Gasteiger partial charge in [-0.2, -0.15) is 11.8 Å². The Morgan fingerprint density at radius 2 is 0.811 bits per heavy atom. The predicted molar refractivity (Wildman–Crippen MR) is 159 cm³/mol. The first-order valence-corrected chi connectivity index (χ1v) is 16.1. The normalized spacial score (nSPS) is 38.7. The summed E-state index contributed by atoms with van der Waals surface area (Å²) in [4.78, 5) is 17.1. The average molecular weight is 536 g/mol. The lowest BCUT2D eigenvalue weighted by Gasteiger charge is -2.58. The van der Waals surface area contributed by atoms with Gasteiger partial charge in [0.2, 0.25) is 0 Å². The molecule has 7 nitrogen and oxygen atoms in total. The zero-order valence-electron chi connectivity index (χ0n) is 25.2. The Morgan fingerprint density at radius 1 is 0.459 bits per heavy atom. The van der Waals surface area contributed by atoms with Crippen LogP contribution in [0.3, 0.4) is 0 Å². The second kappa shape index (κ2) is 11.5. The number of hydrogen-bond acceptors (Lipinski definition) is 8. The molecule has 37 heavy (non-hydrogen) atoms. The molecule has 2 spiro atoms. The van der Waals surface area contributed by atoms with Crippen molar-refractivity contribution in [2.75, 3.05) is 139 Å². The summed E-state index contributed by atoms with van der Waals surface area (Å²) in [5.41, 5.74) is 1.54. The minimum absolute atomic E-state index is 0.740. The zero-order valence-corrected chi connectivity index (χ0v) is 26.0. The van der Waals surface area contributed by atoms with Crippen molar-refractivity contribution in [2.45, 2.75) is 24.9 Å². The number of nitrogens with zero attached hydrogens (tertiary/aromatic N) is 7. The number of fused-ring (bicyclic) bond motifs is 3. The van der Waals surface area contributed by atoms with E-state index >= 15 is 0 Å². The van der Waals surface area contributed by atoms with E-state index in [4.69, 9.17) is 0 Å². The molecule has 0 radical (unpaired) electrons. The Kier molecular flexibility index (Phi) is 8.90. The van der Waals surface area contributed by atoms with E-state index in [2.05, 4.69) is 95.4 Å². The summed E-state index contributed by atoms with van der Waals surface area (Å²) in [7, 11) is 15.6. The van der Waals surface area contributed by atoms with E-state index in [9.17, 15) is 0 Å². The van der Waals surface area contributed by atoms with Crippen LogP contribution < -0.4 is 0 Å². The lowest BCUT2D eigenvalue weighted by molar-refractivity contribution is -0.0926. The number of likely N-dealkylation sites (N-methyl/N-ethyl adjacent to an activating group) is 2. The van der Waals surface area contributed by atoms with E-state index in [-0.39, 0.29) is 0 Å². The fourth-order valence-corrected chi connectivity index (χ4v) is 10.0. The maximum atomic E-state index is 2.56. The molecule has 214 valence electrons. The summed E-state index contributed by atoms with van der Waals surface area (Å²) >= 11 is 2.10. The maximum absolute atomic E-state index is 2.56. The summed E-state index contributed by atoms with van der Waals surface area (Å²) < 4.78 is 0. The van der Waals surface area contributed by atoms with Gasteiger partial charge in [0.05, 0.1) is 0 Å². The molecule has 2 atom stereocenters. The van der Waals surface area contributed by atoms with Crippen LogP contribution in [0.25, 0.3) is 0 Å². The van der Waals surface area contributed by atoms with Crippen LogP contribution >= 0.6 is 11.8 Å². The van der Waals surface area contributed by atoms with Crippen molar-refractivity contribution in [3.63, 3.8) is 0 Å². The van der Waals surface area contributed by atoms with Crippen LogP contribution in [-0.4, -0.2) is 186 Å². The molecular weight excluding hydrogens is 478 g/mol. The van der Waals surface area contributed by atoms with Crippen molar-refractivity contribution in [2.24, 2.45) is 22.7 Å². The smallest absolute Gasteiger partial charge is 0.0224 e. The highest BCUT2D eigenvalue weighted by molar-refractivity contribution is 8.00. The van der Waals surface area contributed by atoms with Crippen molar-refractivity contribution in [1.29, 1.82) is 0 Å². The molecule has 0 N–H and O–H groups in total. The minimum atomic E-state index is 0.740. The Hall–Kier alpha value is 0.0700. The summed E-state index contributed by atoms with van der Waals surface area (Å²) in [6.07, 6.45) is 2.84. The summed E-state index contributed by atoms with van der Waals surface area (Å²) in [5.74, 6) is 4.82. The topological polar surface area (TPSA) is 22.7 Å². The molecule has 2 unspecified atom stereocenters. The second-order valence-electron chi connectivity index (χ2n) is 14.7. The SMILES string of the molecule is CN1CC2(C1)CN(C)C2.CN1CC2(CSC2)C1.CN1CC2CCC(C1)N2C.CN1CC2CN(C)CC2C1. The van der Waals surface area contributed by atoms with Crippen LogP contribution in [0.1, 0.15) is 12.8 Å². The molecule has 0 amide bonds. The molecule has 8 aliphatic heterocycles. The van der Waals surface area contributed by atoms with Crippen LogP contribution in [0.2, 0.25) is 0 Å². The van der Waals surface area contributed by atoms with Crippen molar-refractivity contribution in [1.82, 2.24) is 34.3 Å². The minimum Gasteiger partial charge on any atom is -0.306 e. The van der Waals surface area contributed by atoms with Gasteiger partial charge in [-0.1, -0.05) is 0 Å². The van der Waals surface area contributed by atoms with Gasteiger partial charge in [-0.15, -0.1) is 0 Å². The van der Waals surface area contributed by atoms with E-state index in [0.29, 0.717) is 0 Å². The summed E-state index contributed by atoms with van der Waals surface area (Å²) in [6.45, 7) is 15.9. The molecule has 0 aromatic rings. The zero-order chi connectivity index (χ0) is 26.4. The summed E-state index contributed by atoms with van der Waals surface area (Å²) in [5, 5.41) is 0. The third kappa shape index (κ3) is 6.70. The van der Waals surface area contributed by atoms with E-state index in [1.807, 2.05) is 0 Å². The van der Waals surface area contributed by atoms with E-state index < -0.39 is 0 Å². The third-order valence-electron chi connectivity index (χ3n) is 10.3. The van der Waals surface area contributed by atoms with Gasteiger partial charge in [0.25, 0.3) is 0 Å². The molecule has 8 fully saturated rings. The average Bonchev–Trinajstić information content (AvgIpc) is 3.30. The van der Waals surface area contributed by atoms with Crippen molar-refractivity contribution >= 4 is 11.8 Å². The molecule has 8 heterocycles. The van der Waals surface area contributed by atoms with Crippen LogP contribution in [0.4, 0.5) is 0 Å². The highest BCUT2D eigenvalue weighted by atomic mass is 32.2. The summed E-state index contributed by atoms with van der Waals surface area (Å²) in [6, 6.07) is 1.73. The Bertz CT molecular complexity index is 681. The van der Waals surface area contributed by atoms with Gasteiger partial charge in [-0.25, -0.2) is 0 Å². The van der Waals surface area contributed by atoms with Crippen LogP contribution in [0, 0.1) is 22.7 Å². The van der Waals surface area contributed by atoms with Gasteiger partial charge in [0, 0.05) is 113 Å². The number of likely N-dealkylation sites (tertiary alicyclic amines) is 6. The first kappa shape index (κ1) is 28.6. The van der Waals surface area contributed by atoms with Crippen molar-refractivity contribution < 1.29 is 0 Å². The molecular formula is C29H57N7S. The lowest BCUT2D eigenvalue weighted by atomic mass is 9.74. The molecule has 0 aromatic carbocycles. The first-order chi connectivity index (χ1) is 17.5. The number of rotatable bonds is 0. The fourth-order valence-electron chi connectivity index (χ4n) is 8.86. The Labute approximate surface area is 232 Å². The molecule has 8 aliphatic rings. The standard InChI is InChI=1S/2C8H16N2.C7H14N2.C6H11NS/c1-9-3-7-5-10(2)6-8(7)4-9;1-9-5-7-3-4-8(6-9)10(7)2;1-8-3-7(4-8)5-9(2)6-7;1-7-2-6(3-7)4-8-5-6/h2*7-8H,3-6H2,1-2H3;3-6H2,1-2H3;2-5H2,1H3. The van der Waals surface area contributed by atoms with Gasteiger partial charge in [0.15, 0.2) is 0 Å². The van der Waals surface area contributed by atoms with E-state index in [1.165, 1.54) is 103 Å². The third-order valence-corrected chi connectivity index (χ3v) is 12.0. The van der Waals surface area contributed by atoms with Crippen molar-refractivity contribution in [3.8, 4) is 0 Å². The number of hydrogen-bond donors (Lipinski definition) is 0. The van der Waals surface area contributed by atoms with Gasteiger partial charge in [-0.05, 0) is 74.0 Å². The molecule has 8 rings (SSSR count). The van der Waals surface area contributed by atoms with Crippen LogP contribution in [0.5, 0.6) is 0 Å². The predicted octanol–water partition coefficient (Wildman–Crippen LogP) is 1.03. The van der Waals surface area contributed by atoms with Crippen molar-refractivity contribution in [3.05, 3.63) is 0 Å². The van der Waals surface area contributed by atoms with Gasteiger partial charge in [0.1, 0.15) is 0 Å². The molecule has 0 aromatic heterocycles. The molecule has 8 heteroatoms. The maximum Gasteiger partial charge on any atom is 0.0224 e. The van der Waals surface area contributed by atoms with Crippen LogP contribution in [-0.2, 0) is 0 Å². The Morgan fingerprint density at radius 3 is 1.11 bits per heavy atom. The van der Waals surface area contributed by atoms with Gasteiger partial charge in [-0.3, -0.25) is 4.90 Å². The fraction of sp³-hybridized carbons (Fsp3) is 1.00. The highest BCUT2D eigenvalue weighted by Crippen LogP contribution is 2.44. The highest BCUT2D eigenvalue weighted by Gasteiger charge is 2.48. The van der Waals surface area contributed by atoms with Gasteiger partial charge >= 0.3 is 0 Å². The molecule has 0 saturated carbocycles. The lowest BCUT2D eigenvalue weighted by Crippen LogP contribution is -2.70. The molecule has 2 bridgehead atoms. The molecule has 0 aliphatic carbocycles. The Balaban J connectivity index is 0.000000101. The van der Waals surface area contributed by atoms with Crippen LogP contribution in [0.15, 0.2) is 0 Å². The van der Waals surface area contributed by atoms with E-state index in [1.54, 1.807) is 0 Å². The largest absolute Gasteiger partial charge is 0.306 e. The second-order valence-corrected chi connectivity index (χ2v) is 15.7. The monoisotopic (exact) mass is 535 g/mol. The number of thioether (sulfide) groups is 1. The quantitative estimate of drug-likeness (QED) is 0.453. The van der Waals surface area contributed by atoms with E-state index in [0.717, 1.165) is 34.7 Å².